The van der Waals surface area contributed by atoms with Crippen molar-refractivity contribution in [3.8, 4) is 0 Å². The first-order valence-corrected chi connectivity index (χ1v) is 5.19. The van der Waals surface area contributed by atoms with E-state index in [-0.39, 0.29) is 6.04 Å². The molecule has 6 heteroatoms. The highest BCUT2D eigenvalue weighted by atomic mass is 16.4. The van der Waals surface area contributed by atoms with Gasteiger partial charge in [-0.3, -0.25) is 0 Å². The second-order valence-electron chi connectivity index (χ2n) is 3.67. The molecule has 0 aromatic heterocycles. The summed E-state index contributed by atoms with van der Waals surface area (Å²) < 4.78 is 0. The third-order valence-corrected chi connectivity index (χ3v) is 2.39. The molecule has 0 fully saturated rings. The molecular formula is C10H16N2O4. The van der Waals surface area contributed by atoms with Crippen LogP contribution in [0, 0.1) is 0 Å². The normalized spacial score (nSPS) is 21.2. The molecule has 0 bridgehead atoms. The number of aliphatic carboxylic acids is 1. The molecule has 0 spiro atoms. The molecule has 0 aromatic rings. The number of hydrogen-bond acceptors (Lipinski definition) is 3. The average Bonchev–Trinajstić information content (AvgIpc) is 2.27. The van der Waals surface area contributed by atoms with Crippen LogP contribution in [0.3, 0.4) is 0 Å². The third-order valence-electron chi connectivity index (χ3n) is 2.39. The first kappa shape index (κ1) is 12.5. The maximum absolute atomic E-state index is 11.4. The molecule has 0 saturated heterocycles. The number of aliphatic hydroxyl groups is 1. The summed E-state index contributed by atoms with van der Waals surface area (Å²) in [5, 5.41) is 22.2. The van der Waals surface area contributed by atoms with Gasteiger partial charge < -0.3 is 20.8 Å². The third kappa shape index (κ3) is 3.90. The van der Waals surface area contributed by atoms with Crippen molar-refractivity contribution in [2.75, 3.05) is 6.61 Å². The van der Waals surface area contributed by atoms with Crippen LogP contribution in [0.25, 0.3) is 0 Å². The molecule has 0 aromatic carbocycles. The fourth-order valence-corrected chi connectivity index (χ4v) is 1.50. The van der Waals surface area contributed by atoms with Crippen molar-refractivity contribution in [2.45, 2.75) is 31.3 Å². The summed E-state index contributed by atoms with van der Waals surface area (Å²) in [6, 6.07) is -1.76. The standard InChI is InChI=1S/C10H16N2O4/c13-6-8(9(14)15)12-10(16)11-7-4-2-1-3-5-7/h1-2,7-8,13H,3-6H2,(H,14,15)(H2,11,12,16). The van der Waals surface area contributed by atoms with Gasteiger partial charge >= 0.3 is 12.0 Å². The number of hydrogen-bond donors (Lipinski definition) is 4. The number of carboxylic acids is 1. The van der Waals surface area contributed by atoms with Crippen LogP contribution in [0.4, 0.5) is 4.79 Å². The van der Waals surface area contributed by atoms with E-state index in [0.29, 0.717) is 0 Å². The molecule has 1 aliphatic rings. The fourth-order valence-electron chi connectivity index (χ4n) is 1.50. The van der Waals surface area contributed by atoms with E-state index < -0.39 is 24.6 Å². The summed E-state index contributed by atoms with van der Waals surface area (Å²) >= 11 is 0. The van der Waals surface area contributed by atoms with E-state index in [1.165, 1.54) is 0 Å². The summed E-state index contributed by atoms with van der Waals surface area (Å²) in [7, 11) is 0. The minimum Gasteiger partial charge on any atom is -0.480 e. The number of carboxylic acid groups (broad SMARTS) is 1. The van der Waals surface area contributed by atoms with Gasteiger partial charge in [0.25, 0.3) is 0 Å². The van der Waals surface area contributed by atoms with Gasteiger partial charge in [-0.1, -0.05) is 12.2 Å². The van der Waals surface area contributed by atoms with Crippen molar-refractivity contribution < 1.29 is 19.8 Å². The van der Waals surface area contributed by atoms with Crippen molar-refractivity contribution in [3.63, 3.8) is 0 Å². The zero-order chi connectivity index (χ0) is 12.0. The van der Waals surface area contributed by atoms with Gasteiger partial charge in [-0.25, -0.2) is 9.59 Å². The van der Waals surface area contributed by atoms with E-state index in [1.807, 2.05) is 12.2 Å². The van der Waals surface area contributed by atoms with Crippen LogP contribution >= 0.6 is 0 Å². The monoisotopic (exact) mass is 228 g/mol. The van der Waals surface area contributed by atoms with E-state index >= 15 is 0 Å². The summed E-state index contributed by atoms with van der Waals surface area (Å²) in [6.45, 7) is -0.618. The molecule has 1 rings (SSSR count). The molecule has 4 N–H and O–H groups in total. The fraction of sp³-hybridized carbons (Fsp3) is 0.600. The van der Waals surface area contributed by atoms with E-state index in [0.717, 1.165) is 19.3 Å². The van der Waals surface area contributed by atoms with Crippen molar-refractivity contribution in [1.82, 2.24) is 10.6 Å². The van der Waals surface area contributed by atoms with Crippen LogP contribution < -0.4 is 10.6 Å². The smallest absolute Gasteiger partial charge is 0.328 e. The van der Waals surface area contributed by atoms with Crippen molar-refractivity contribution in [1.29, 1.82) is 0 Å². The van der Waals surface area contributed by atoms with Gasteiger partial charge in [-0.2, -0.15) is 0 Å². The van der Waals surface area contributed by atoms with E-state index in [9.17, 15) is 9.59 Å². The molecule has 0 saturated carbocycles. The summed E-state index contributed by atoms with van der Waals surface area (Å²) in [5.74, 6) is -1.25. The lowest BCUT2D eigenvalue weighted by Gasteiger charge is -2.20. The van der Waals surface area contributed by atoms with Crippen LogP contribution in [-0.4, -0.2) is 40.9 Å². The zero-order valence-electron chi connectivity index (χ0n) is 8.85. The minimum absolute atomic E-state index is 0.0399. The van der Waals surface area contributed by atoms with Crippen LogP contribution in [0.15, 0.2) is 12.2 Å². The number of nitrogens with one attached hydrogen (secondary N) is 2. The molecule has 2 atom stereocenters. The van der Waals surface area contributed by atoms with Crippen molar-refractivity contribution in [2.24, 2.45) is 0 Å². The molecular weight excluding hydrogens is 212 g/mol. The molecule has 90 valence electrons. The Hall–Kier alpha value is -1.56. The molecule has 1 aliphatic carbocycles. The Labute approximate surface area is 93.3 Å². The van der Waals surface area contributed by atoms with Crippen molar-refractivity contribution >= 4 is 12.0 Å². The molecule has 2 unspecified atom stereocenters. The quantitative estimate of drug-likeness (QED) is 0.502. The van der Waals surface area contributed by atoms with Gasteiger partial charge in [0.1, 0.15) is 0 Å². The second-order valence-corrected chi connectivity index (χ2v) is 3.67. The minimum atomic E-state index is -1.25. The van der Waals surface area contributed by atoms with Gasteiger partial charge in [-0.05, 0) is 19.3 Å². The van der Waals surface area contributed by atoms with Crippen molar-refractivity contribution in [3.05, 3.63) is 12.2 Å². The maximum atomic E-state index is 11.4. The lowest BCUT2D eigenvalue weighted by Crippen LogP contribution is -2.50. The van der Waals surface area contributed by atoms with Crippen LogP contribution in [0.5, 0.6) is 0 Å². The van der Waals surface area contributed by atoms with Gasteiger partial charge in [0, 0.05) is 6.04 Å². The van der Waals surface area contributed by atoms with Crippen LogP contribution in [0.2, 0.25) is 0 Å². The van der Waals surface area contributed by atoms with Gasteiger partial charge in [0.05, 0.1) is 6.61 Å². The lowest BCUT2D eigenvalue weighted by molar-refractivity contribution is -0.140. The topological polar surface area (TPSA) is 98.7 Å². The highest BCUT2D eigenvalue weighted by Gasteiger charge is 2.20. The van der Waals surface area contributed by atoms with E-state index in [2.05, 4.69) is 10.6 Å². The molecule has 2 amide bonds. The number of carbonyl (C=O) groups is 2. The average molecular weight is 228 g/mol. The zero-order valence-corrected chi connectivity index (χ0v) is 8.85. The Morgan fingerprint density at radius 3 is 2.69 bits per heavy atom. The second kappa shape index (κ2) is 6.12. The number of amides is 2. The van der Waals surface area contributed by atoms with Crippen LogP contribution in [-0.2, 0) is 4.79 Å². The maximum Gasteiger partial charge on any atom is 0.328 e. The predicted molar refractivity (Wildman–Crippen MR) is 57.0 cm³/mol. The Balaban J connectivity index is 2.34. The molecule has 0 heterocycles. The SMILES string of the molecule is O=C(NC1CC=CCC1)NC(CO)C(=O)O. The first-order valence-electron chi connectivity index (χ1n) is 5.19. The summed E-state index contributed by atoms with van der Waals surface area (Å²) in [4.78, 5) is 21.9. The lowest BCUT2D eigenvalue weighted by atomic mass is 10.0. The number of urea groups is 1. The molecule has 16 heavy (non-hydrogen) atoms. The summed E-state index contributed by atoms with van der Waals surface area (Å²) in [5.41, 5.74) is 0. The number of allylic oxidation sites excluding steroid dienone is 1. The highest BCUT2D eigenvalue weighted by molar-refractivity contribution is 5.82. The molecule has 0 aliphatic heterocycles. The Bertz CT molecular complexity index is 291. The van der Waals surface area contributed by atoms with Crippen LogP contribution in [0.1, 0.15) is 19.3 Å². The Morgan fingerprint density at radius 2 is 2.19 bits per heavy atom. The Morgan fingerprint density at radius 1 is 1.44 bits per heavy atom. The van der Waals surface area contributed by atoms with Gasteiger partial charge in [0.2, 0.25) is 0 Å². The highest BCUT2D eigenvalue weighted by Crippen LogP contribution is 2.09. The number of rotatable bonds is 4. The van der Waals surface area contributed by atoms with E-state index in [1.54, 1.807) is 0 Å². The van der Waals surface area contributed by atoms with Gasteiger partial charge in [-0.15, -0.1) is 0 Å². The number of carbonyl (C=O) groups excluding carboxylic acids is 1. The largest absolute Gasteiger partial charge is 0.480 e. The number of aliphatic hydroxyl groups excluding tert-OH is 1. The Kier molecular flexibility index (Phi) is 4.78. The summed E-state index contributed by atoms with van der Waals surface area (Å²) in [6.07, 6.45) is 6.54. The molecule has 0 radical (unpaired) electrons. The molecule has 6 nitrogen and oxygen atoms in total. The van der Waals surface area contributed by atoms with Gasteiger partial charge in [0.15, 0.2) is 6.04 Å². The first-order chi connectivity index (χ1) is 7.63. The predicted octanol–water partition coefficient (Wildman–Crippen LogP) is -0.160. The van der Waals surface area contributed by atoms with E-state index in [4.69, 9.17) is 10.2 Å².